The van der Waals surface area contributed by atoms with Crippen molar-refractivity contribution in [1.29, 1.82) is 0 Å². The monoisotopic (exact) mass is 355 g/mol. The zero-order chi connectivity index (χ0) is 17.6. The Morgan fingerprint density at radius 3 is 2.68 bits per heavy atom. The van der Waals surface area contributed by atoms with Gasteiger partial charge < -0.3 is 5.32 Å². The zero-order valence-corrected chi connectivity index (χ0v) is 13.9. The number of nitro benzene ring substituents is 1. The number of nitrogens with zero attached hydrogens (tertiary/aromatic N) is 6. The third-order valence-electron chi connectivity index (χ3n) is 3.18. The lowest BCUT2D eigenvalue weighted by Gasteiger charge is -2.01. The van der Waals surface area contributed by atoms with Gasteiger partial charge in [-0.05, 0) is 31.2 Å². The predicted octanol–water partition coefficient (Wildman–Crippen LogP) is 4.43. The molecule has 0 bridgehead atoms. The summed E-state index contributed by atoms with van der Waals surface area (Å²) in [6.45, 7) is 1.89. The van der Waals surface area contributed by atoms with Crippen LogP contribution in [0.25, 0.3) is 0 Å². The summed E-state index contributed by atoms with van der Waals surface area (Å²) in [4.78, 5) is 14.4. The van der Waals surface area contributed by atoms with E-state index in [1.54, 1.807) is 18.3 Å². The topological polar surface area (TPSA) is 119 Å². The van der Waals surface area contributed by atoms with Crippen LogP contribution in [0.4, 0.5) is 21.6 Å². The second kappa shape index (κ2) is 7.53. The van der Waals surface area contributed by atoms with E-state index in [9.17, 15) is 10.1 Å². The molecule has 2 heterocycles. The van der Waals surface area contributed by atoms with Gasteiger partial charge in [-0.1, -0.05) is 17.4 Å². The zero-order valence-electron chi connectivity index (χ0n) is 13.1. The second-order valence-electron chi connectivity index (χ2n) is 4.96. The number of anilines is 2. The molecular formula is C15H13N7O2S. The molecule has 0 saturated heterocycles. The SMILES string of the molecule is CC(N=Nc1nnc(Nc2ccc([N+](=O)[O-])cc2)s1)c1ccccn1. The van der Waals surface area contributed by atoms with E-state index in [-0.39, 0.29) is 11.7 Å². The number of rotatable bonds is 6. The van der Waals surface area contributed by atoms with Gasteiger partial charge >= 0.3 is 0 Å². The van der Waals surface area contributed by atoms with Crippen LogP contribution in [-0.4, -0.2) is 20.1 Å². The average molecular weight is 355 g/mol. The number of pyridine rings is 1. The van der Waals surface area contributed by atoms with Crippen molar-refractivity contribution in [2.24, 2.45) is 10.2 Å². The summed E-state index contributed by atoms with van der Waals surface area (Å²) in [5, 5.41) is 30.8. The molecule has 10 heteroatoms. The lowest BCUT2D eigenvalue weighted by atomic mass is 10.2. The van der Waals surface area contributed by atoms with Crippen LogP contribution in [0.2, 0.25) is 0 Å². The number of benzene rings is 1. The van der Waals surface area contributed by atoms with Gasteiger partial charge in [-0.15, -0.1) is 15.3 Å². The summed E-state index contributed by atoms with van der Waals surface area (Å²) in [7, 11) is 0. The minimum Gasteiger partial charge on any atom is -0.330 e. The van der Waals surface area contributed by atoms with Gasteiger partial charge in [0, 0.05) is 24.0 Å². The Labute approximate surface area is 146 Å². The van der Waals surface area contributed by atoms with Gasteiger partial charge in [0.1, 0.15) is 6.04 Å². The molecule has 25 heavy (non-hydrogen) atoms. The summed E-state index contributed by atoms with van der Waals surface area (Å²) >= 11 is 1.23. The van der Waals surface area contributed by atoms with E-state index in [0.29, 0.717) is 16.0 Å². The molecule has 2 aromatic heterocycles. The van der Waals surface area contributed by atoms with Gasteiger partial charge in [0.2, 0.25) is 5.13 Å². The number of nitrogens with one attached hydrogen (secondary N) is 1. The van der Waals surface area contributed by atoms with Crippen LogP contribution in [-0.2, 0) is 0 Å². The van der Waals surface area contributed by atoms with Crippen LogP contribution in [0.3, 0.4) is 0 Å². The number of nitro groups is 1. The Balaban J connectivity index is 1.64. The van der Waals surface area contributed by atoms with Crippen LogP contribution < -0.4 is 5.32 Å². The minimum absolute atomic E-state index is 0.0285. The second-order valence-corrected chi connectivity index (χ2v) is 5.92. The maximum Gasteiger partial charge on any atom is 0.269 e. The molecule has 0 aliphatic heterocycles. The van der Waals surface area contributed by atoms with Crippen molar-refractivity contribution in [1.82, 2.24) is 15.2 Å². The molecule has 0 amide bonds. The van der Waals surface area contributed by atoms with Crippen LogP contribution >= 0.6 is 11.3 Å². The molecule has 1 aromatic carbocycles. The van der Waals surface area contributed by atoms with E-state index >= 15 is 0 Å². The van der Waals surface area contributed by atoms with Crippen molar-refractivity contribution in [3.63, 3.8) is 0 Å². The third-order valence-corrected chi connectivity index (χ3v) is 3.90. The van der Waals surface area contributed by atoms with Crippen LogP contribution in [0.5, 0.6) is 0 Å². The standard InChI is InChI=1S/C15H13N7O2S/c1-10(13-4-2-3-9-16-13)18-20-15-21-19-14(25-15)17-11-5-7-12(8-6-11)22(23)24/h2-10H,1H3,(H,17,19). The minimum atomic E-state index is -0.448. The van der Waals surface area contributed by atoms with Gasteiger partial charge in [-0.2, -0.15) is 5.11 Å². The van der Waals surface area contributed by atoms with Crippen molar-refractivity contribution in [3.05, 3.63) is 64.5 Å². The highest BCUT2D eigenvalue weighted by Gasteiger charge is 2.08. The quantitative estimate of drug-likeness (QED) is 0.397. The molecule has 0 saturated carbocycles. The fraction of sp³-hybridized carbons (Fsp3) is 0.133. The molecule has 0 fully saturated rings. The fourth-order valence-corrected chi connectivity index (χ4v) is 2.51. The molecular weight excluding hydrogens is 342 g/mol. The van der Waals surface area contributed by atoms with E-state index in [2.05, 4.69) is 30.7 Å². The summed E-state index contributed by atoms with van der Waals surface area (Å²) in [6, 6.07) is 11.5. The lowest BCUT2D eigenvalue weighted by Crippen LogP contribution is -1.91. The van der Waals surface area contributed by atoms with Gasteiger partial charge in [0.25, 0.3) is 10.8 Å². The van der Waals surface area contributed by atoms with E-state index in [4.69, 9.17) is 0 Å². The van der Waals surface area contributed by atoms with Crippen LogP contribution in [0.15, 0.2) is 58.9 Å². The van der Waals surface area contributed by atoms with Crippen molar-refractivity contribution in [2.75, 3.05) is 5.32 Å². The molecule has 0 aliphatic carbocycles. The van der Waals surface area contributed by atoms with E-state index < -0.39 is 4.92 Å². The first-order valence-electron chi connectivity index (χ1n) is 7.28. The molecule has 0 spiro atoms. The summed E-state index contributed by atoms with van der Waals surface area (Å²) in [5.41, 5.74) is 1.52. The molecule has 1 atom stereocenters. The number of aromatic nitrogens is 3. The Morgan fingerprint density at radius 1 is 1.20 bits per heavy atom. The third kappa shape index (κ3) is 4.38. The van der Waals surface area contributed by atoms with Crippen molar-refractivity contribution >= 4 is 33.0 Å². The predicted molar refractivity (Wildman–Crippen MR) is 93.5 cm³/mol. The maximum atomic E-state index is 10.6. The highest BCUT2D eigenvalue weighted by atomic mass is 32.1. The normalized spacial score (nSPS) is 12.2. The van der Waals surface area contributed by atoms with Crippen LogP contribution in [0.1, 0.15) is 18.7 Å². The Morgan fingerprint density at radius 2 is 2.00 bits per heavy atom. The first kappa shape index (κ1) is 16.6. The molecule has 9 nitrogen and oxygen atoms in total. The molecule has 0 aliphatic rings. The largest absolute Gasteiger partial charge is 0.330 e. The summed E-state index contributed by atoms with van der Waals surface area (Å²) < 4.78 is 0. The number of non-ortho nitro benzene ring substituents is 1. The number of azo groups is 1. The molecule has 1 N–H and O–H groups in total. The smallest absolute Gasteiger partial charge is 0.269 e. The number of hydrogen-bond donors (Lipinski definition) is 1. The van der Waals surface area contributed by atoms with E-state index in [1.807, 2.05) is 25.1 Å². The molecule has 0 radical (unpaired) electrons. The van der Waals surface area contributed by atoms with Gasteiger partial charge in [0.15, 0.2) is 0 Å². The van der Waals surface area contributed by atoms with Crippen molar-refractivity contribution in [2.45, 2.75) is 13.0 Å². The Hall–Kier alpha value is -3.27. The highest BCUT2D eigenvalue weighted by Crippen LogP contribution is 2.28. The molecule has 3 aromatic rings. The average Bonchev–Trinajstić information content (AvgIpc) is 3.08. The number of hydrogen-bond acceptors (Lipinski definition) is 9. The first-order chi connectivity index (χ1) is 12.1. The van der Waals surface area contributed by atoms with Gasteiger partial charge in [-0.25, -0.2) is 0 Å². The van der Waals surface area contributed by atoms with Crippen molar-refractivity contribution < 1.29 is 4.92 Å². The Kier molecular flexibility index (Phi) is 5.00. The van der Waals surface area contributed by atoms with Gasteiger partial charge in [-0.3, -0.25) is 15.1 Å². The molecule has 1 unspecified atom stereocenters. The van der Waals surface area contributed by atoms with E-state index in [1.165, 1.54) is 23.5 Å². The summed E-state index contributed by atoms with van der Waals surface area (Å²) in [6.07, 6.45) is 1.71. The summed E-state index contributed by atoms with van der Waals surface area (Å²) in [5.74, 6) is 0. The highest BCUT2D eigenvalue weighted by molar-refractivity contribution is 7.18. The first-order valence-corrected chi connectivity index (χ1v) is 8.10. The van der Waals surface area contributed by atoms with Crippen molar-refractivity contribution in [3.8, 4) is 0 Å². The molecule has 3 rings (SSSR count). The Bertz CT molecular complexity index is 880. The molecule has 126 valence electrons. The van der Waals surface area contributed by atoms with E-state index in [0.717, 1.165) is 5.69 Å². The lowest BCUT2D eigenvalue weighted by molar-refractivity contribution is -0.384. The van der Waals surface area contributed by atoms with Crippen LogP contribution in [0, 0.1) is 10.1 Å². The van der Waals surface area contributed by atoms with Gasteiger partial charge in [0.05, 0.1) is 10.6 Å². The maximum absolute atomic E-state index is 10.6. The fourth-order valence-electron chi connectivity index (χ4n) is 1.91.